The molecule has 0 aliphatic rings. The van der Waals surface area contributed by atoms with Gasteiger partial charge in [-0.2, -0.15) is 0 Å². The summed E-state index contributed by atoms with van der Waals surface area (Å²) in [6.45, 7) is 7.37. The minimum atomic E-state index is -0.641. The Kier molecular flexibility index (Phi) is 5.76. The van der Waals surface area contributed by atoms with Crippen molar-refractivity contribution in [2.24, 2.45) is 0 Å². The summed E-state index contributed by atoms with van der Waals surface area (Å²) in [6.07, 6.45) is -0.641. The second-order valence-electron chi connectivity index (χ2n) is 5.28. The SMILES string of the molecule is CCN(c1ccc([C@H](C)O)cc1F)C(C)CN(C)C. The molecule has 3 nitrogen and oxygen atoms in total. The first-order chi connectivity index (χ1) is 8.86. The Labute approximate surface area is 115 Å². The quantitative estimate of drug-likeness (QED) is 0.859. The molecule has 0 radical (unpaired) electrons. The van der Waals surface area contributed by atoms with Crippen molar-refractivity contribution in [3.8, 4) is 0 Å². The number of halogens is 1. The standard InChI is InChI=1S/C15H25FN2O/c1-6-18(11(2)10-17(4)5)15-8-7-13(12(3)19)9-14(15)16/h7-9,11-12,19H,6,10H2,1-5H3/t11?,12-/m0/s1. The van der Waals surface area contributed by atoms with Crippen LogP contribution >= 0.6 is 0 Å². The first-order valence-corrected chi connectivity index (χ1v) is 6.75. The molecule has 0 aromatic heterocycles. The predicted molar refractivity (Wildman–Crippen MR) is 78.1 cm³/mol. The van der Waals surface area contributed by atoms with Crippen LogP contribution in [0.5, 0.6) is 0 Å². The van der Waals surface area contributed by atoms with Crippen LogP contribution in [0.4, 0.5) is 10.1 Å². The Morgan fingerprint density at radius 1 is 1.26 bits per heavy atom. The predicted octanol–water partition coefficient (Wildman–Crippen LogP) is 2.66. The number of hydrogen-bond acceptors (Lipinski definition) is 3. The van der Waals surface area contributed by atoms with Crippen LogP contribution in [-0.2, 0) is 0 Å². The van der Waals surface area contributed by atoms with E-state index in [4.69, 9.17) is 0 Å². The minimum Gasteiger partial charge on any atom is -0.389 e. The van der Waals surface area contributed by atoms with Crippen LogP contribution in [0.15, 0.2) is 18.2 Å². The number of aliphatic hydroxyl groups is 1. The van der Waals surface area contributed by atoms with Gasteiger partial charge in [0.1, 0.15) is 5.82 Å². The lowest BCUT2D eigenvalue weighted by Crippen LogP contribution is -2.40. The van der Waals surface area contributed by atoms with Crippen molar-refractivity contribution in [3.63, 3.8) is 0 Å². The van der Waals surface area contributed by atoms with Gasteiger partial charge in [-0.1, -0.05) is 6.07 Å². The van der Waals surface area contributed by atoms with E-state index in [0.717, 1.165) is 13.1 Å². The van der Waals surface area contributed by atoms with E-state index in [0.29, 0.717) is 11.3 Å². The van der Waals surface area contributed by atoms with Crippen LogP contribution in [0, 0.1) is 5.82 Å². The summed E-state index contributed by atoms with van der Waals surface area (Å²) in [5.74, 6) is -0.272. The van der Waals surface area contributed by atoms with Crippen LogP contribution < -0.4 is 4.90 Å². The third-order valence-corrected chi connectivity index (χ3v) is 3.27. The van der Waals surface area contributed by atoms with E-state index in [1.54, 1.807) is 19.1 Å². The zero-order valence-electron chi connectivity index (χ0n) is 12.5. The molecular weight excluding hydrogens is 243 g/mol. The van der Waals surface area contributed by atoms with Gasteiger partial charge in [-0.15, -0.1) is 0 Å². The Hall–Kier alpha value is -1.13. The van der Waals surface area contributed by atoms with Gasteiger partial charge >= 0.3 is 0 Å². The number of hydrogen-bond donors (Lipinski definition) is 1. The minimum absolute atomic E-state index is 0.229. The highest BCUT2D eigenvalue weighted by molar-refractivity contribution is 5.50. The summed E-state index contributed by atoms with van der Waals surface area (Å²) in [6, 6.07) is 5.19. The highest BCUT2D eigenvalue weighted by Crippen LogP contribution is 2.25. The molecule has 0 fully saturated rings. The molecule has 2 atom stereocenters. The van der Waals surface area contributed by atoms with Gasteiger partial charge in [-0.25, -0.2) is 4.39 Å². The fourth-order valence-electron chi connectivity index (χ4n) is 2.36. The molecule has 1 rings (SSSR count). The number of aliphatic hydroxyl groups excluding tert-OH is 1. The van der Waals surface area contributed by atoms with E-state index in [9.17, 15) is 9.50 Å². The summed E-state index contributed by atoms with van der Waals surface area (Å²) >= 11 is 0. The summed E-state index contributed by atoms with van der Waals surface area (Å²) in [5, 5.41) is 9.48. The molecule has 108 valence electrons. The normalized spacial score (nSPS) is 14.5. The van der Waals surface area contributed by atoms with E-state index in [1.165, 1.54) is 6.07 Å². The Morgan fingerprint density at radius 3 is 2.32 bits per heavy atom. The Balaban J connectivity index is 2.98. The highest BCUT2D eigenvalue weighted by atomic mass is 19.1. The Bertz CT molecular complexity index is 407. The molecule has 4 heteroatoms. The maximum absolute atomic E-state index is 14.2. The molecule has 1 aromatic carbocycles. The number of likely N-dealkylation sites (N-methyl/N-ethyl adjacent to an activating group) is 2. The van der Waals surface area contributed by atoms with Crippen LogP contribution in [-0.4, -0.2) is 43.2 Å². The zero-order valence-corrected chi connectivity index (χ0v) is 12.5. The average Bonchev–Trinajstić information content (AvgIpc) is 2.30. The van der Waals surface area contributed by atoms with Crippen molar-refractivity contribution in [2.45, 2.75) is 32.9 Å². The molecule has 0 aliphatic heterocycles. The van der Waals surface area contributed by atoms with Crippen LogP contribution in [0.3, 0.4) is 0 Å². The number of benzene rings is 1. The summed E-state index contributed by atoms with van der Waals surface area (Å²) < 4.78 is 14.2. The van der Waals surface area contributed by atoms with Gasteiger partial charge < -0.3 is 14.9 Å². The van der Waals surface area contributed by atoms with E-state index in [1.807, 2.05) is 25.9 Å². The van der Waals surface area contributed by atoms with Crippen molar-refractivity contribution in [2.75, 3.05) is 32.1 Å². The van der Waals surface area contributed by atoms with Gasteiger partial charge in [-0.05, 0) is 52.6 Å². The second-order valence-corrected chi connectivity index (χ2v) is 5.28. The monoisotopic (exact) mass is 268 g/mol. The highest BCUT2D eigenvalue weighted by Gasteiger charge is 2.17. The zero-order chi connectivity index (χ0) is 14.6. The fourth-order valence-corrected chi connectivity index (χ4v) is 2.36. The molecule has 0 saturated heterocycles. The van der Waals surface area contributed by atoms with E-state index in [2.05, 4.69) is 11.8 Å². The van der Waals surface area contributed by atoms with Gasteiger partial charge in [0.05, 0.1) is 11.8 Å². The topological polar surface area (TPSA) is 26.7 Å². The number of anilines is 1. The Morgan fingerprint density at radius 2 is 1.89 bits per heavy atom. The second kappa shape index (κ2) is 6.87. The molecule has 0 bridgehead atoms. The largest absolute Gasteiger partial charge is 0.389 e. The maximum atomic E-state index is 14.2. The van der Waals surface area contributed by atoms with E-state index < -0.39 is 6.10 Å². The van der Waals surface area contributed by atoms with Crippen LogP contribution in [0.25, 0.3) is 0 Å². The van der Waals surface area contributed by atoms with Crippen molar-refractivity contribution >= 4 is 5.69 Å². The van der Waals surface area contributed by atoms with Crippen molar-refractivity contribution < 1.29 is 9.50 Å². The number of nitrogens with zero attached hydrogens (tertiary/aromatic N) is 2. The molecule has 0 heterocycles. The lowest BCUT2D eigenvalue weighted by molar-refractivity contribution is 0.199. The van der Waals surface area contributed by atoms with Crippen molar-refractivity contribution in [3.05, 3.63) is 29.6 Å². The molecule has 1 aromatic rings. The smallest absolute Gasteiger partial charge is 0.146 e. The first-order valence-electron chi connectivity index (χ1n) is 6.75. The molecule has 1 N–H and O–H groups in total. The molecule has 0 saturated carbocycles. The average molecular weight is 268 g/mol. The lowest BCUT2D eigenvalue weighted by atomic mass is 10.1. The van der Waals surface area contributed by atoms with Crippen LogP contribution in [0.2, 0.25) is 0 Å². The maximum Gasteiger partial charge on any atom is 0.146 e. The molecule has 0 spiro atoms. The third kappa shape index (κ3) is 4.18. The summed E-state index contributed by atoms with van der Waals surface area (Å²) in [4.78, 5) is 4.14. The van der Waals surface area contributed by atoms with Gasteiger partial charge in [0.15, 0.2) is 0 Å². The molecule has 0 amide bonds. The summed E-state index contributed by atoms with van der Waals surface area (Å²) in [7, 11) is 4.02. The molecule has 1 unspecified atom stereocenters. The van der Waals surface area contributed by atoms with Gasteiger partial charge in [0, 0.05) is 19.1 Å². The van der Waals surface area contributed by atoms with E-state index >= 15 is 0 Å². The van der Waals surface area contributed by atoms with Crippen molar-refractivity contribution in [1.29, 1.82) is 0 Å². The van der Waals surface area contributed by atoms with Crippen molar-refractivity contribution in [1.82, 2.24) is 4.90 Å². The lowest BCUT2D eigenvalue weighted by Gasteiger charge is -2.32. The first kappa shape index (κ1) is 15.9. The summed E-state index contributed by atoms with van der Waals surface area (Å²) in [5.41, 5.74) is 1.21. The third-order valence-electron chi connectivity index (χ3n) is 3.27. The van der Waals surface area contributed by atoms with E-state index in [-0.39, 0.29) is 11.9 Å². The molecular formula is C15H25FN2O. The number of rotatable bonds is 6. The molecule has 0 aliphatic carbocycles. The fraction of sp³-hybridized carbons (Fsp3) is 0.600. The van der Waals surface area contributed by atoms with Gasteiger partial charge in [0.25, 0.3) is 0 Å². The van der Waals surface area contributed by atoms with Crippen LogP contribution in [0.1, 0.15) is 32.4 Å². The van der Waals surface area contributed by atoms with Gasteiger partial charge in [0.2, 0.25) is 0 Å². The van der Waals surface area contributed by atoms with Gasteiger partial charge in [-0.3, -0.25) is 0 Å². The molecule has 19 heavy (non-hydrogen) atoms.